The highest BCUT2D eigenvalue weighted by atomic mass is 79.9. The molecule has 0 saturated carbocycles. The summed E-state index contributed by atoms with van der Waals surface area (Å²) in [6, 6.07) is 4.16. The lowest BCUT2D eigenvalue weighted by Gasteiger charge is -2.18. The van der Waals surface area contributed by atoms with E-state index in [4.69, 9.17) is 0 Å². The molecule has 2 N–H and O–H groups in total. The Morgan fingerprint density at radius 1 is 1.53 bits per heavy atom. The summed E-state index contributed by atoms with van der Waals surface area (Å²) in [5, 5.41) is 19.4. The number of benzene rings is 1. The molecule has 0 amide bonds. The summed E-state index contributed by atoms with van der Waals surface area (Å²) >= 11 is 3.07. The van der Waals surface area contributed by atoms with Gasteiger partial charge in [-0.05, 0) is 12.1 Å². The van der Waals surface area contributed by atoms with Crippen molar-refractivity contribution < 1.29 is 24.1 Å². The molecule has 94 valence electrons. The van der Waals surface area contributed by atoms with Crippen LogP contribution < -0.4 is 0 Å². The molecule has 0 aliphatic rings. The molecule has 0 spiro atoms. The van der Waals surface area contributed by atoms with E-state index in [1.807, 2.05) is 0 Å². The van der Waals surface area contributed by atoms with E-state index in [1.54, 1.807) is 0 Å². The lowest BCUT2D eigenvalue weighted by Crippen LogP contribution is -2.23. The van der Waals surface area contributed by atoms with Gasteiger partial charge in [0, 0.05) is 10.0 Å². The predicted octanol–water partition coefficient (Wildman–Crippen LogP) is 1.55. The Bertz CT molecular complexity index is 390. The zero-order valence-electron chi connectivity index (χ0n) is 9.06. The number of hydrogen-bond donors (Lipinski definition) is 2. The summed E-state index contributed by atoms with van der Waals surface area (Å²) in [5.74, 6) is -1.33. The minimum atomic E-state index is -1.50. The zero-order chi connectivity index (χ0) is 13.0. The molecule has 0 aromatic heterocycles. The van der Waals surface area contributed by atoms with Crippen LogP contribution in [0.5, 0.6) is 0 Å². The van der Waals surface area contributed by atoms with Crippen molar-refractivity contribution in [1.29, 1.82) is 0 Å². The van der Waals surface area contributed by atoms with Crippen molar-refractivity contribution in [1.82, 2.24) is 0 Å². The van der Waals surface area contributed by atoms with E-state index in [0.29, 0.717) is 4.47 Å². The Morgan fingerprint density at radius 2 is 2.18 bits per heavy atom. The third-order valence-electron chi connectivity index (χ3n) is 2.26. The maximum Gasteiger partial charge on any atom is 0.308 e. The van der Waals surface area contributed by atoms with Crippen LogP contribution >= 0.6 is 15.9 Å². The quantitative estimate of drug-likeness (QED) is 0.828. The van der Waals surface area contributed by atoms with Gasteiger partial charge in [-0.1, -0.05) is 22.0 Å². The first-order chi connectivity index (χ1) is 7.97. The van der Waals surface area contributed by atoms with Gasteiger partial charge in [0.25, 0.3) is 0 Å². The van der Waals surface area contributed by atoms with Gasteiger partial charge in [0.15, 0.2) is 0 Å². The van der Waals surface area contributed by atoms with Gasteiger partial charge in [0.1, 0.15) is 11.9 Å². The van der Waals surface area contributed by atoms with Gasteiger partial charge in [0.05, 0.1) is 19.6 Å². The number of aliphatic hydroxyl groups excluding tert-OH is 2. The van der Waals surface area contributed by atoms with Gasteiger partial charge in [0.2, 0.25) is 0 Å². The van der Waals surface area contributed by atoms with Gasteiger partial charge in [-0.3, -0.25) is 4.79 Å². The van der Waals surface area contributed by atoms with Crippen molar-refractivity contribution >= 4 is 21.9 Å². The molecule has 0 heterocycles. The van der Waals surface area contributed by atoms with Crippen LogP contribution in [0.15, 0.2) is 22.7 Å². The zero-order valence-corrected chi connectivity index (χ0v) is 10.6. The highest BCUT2D eigenvalue weighted by Gasteiger charge is 2.26. The largest absolute Gasteiger partial charge is 0.469 e. The molecule has 0 fully saturated rings. The second-order valence-electron chi connectivity index (χ2n) is 3.43. The van der Waals surface area contributed by atoms with E-state index in [-0.39, 0.29) is 5.56 Å². The molecular formula is C11H12BrFO4. The average molecular weight is 307 g/mol. The summed E-state index contributed by atoms with van der Waals surface area (Å²) in [7, 11) is 1.17. The minimum absolute atomic E-state index is 0.0797. The van der Waals surface area contributed by atoms with Crippen molar-refractivity contribution in [3.8, 4) is 0 Å². The van der Waals surface area contributed by atoms with Crippen LogP contribution in [-0.2, 0) is 9.53 Å². The van der Waals surface area contributed by atoms with Crippen molar-refractivity contribution in [2.45, 2.75) is 18.6 Å². The standard InChI is InChI=1S/C11H12BrFO4/c1-17-9(15)5-8(14)11(16)10-6(12)3-2-4-7(10)13/h2-4,8,11,14,16H,5H2,1H3. The maximum atomic E-state index is 13.5. The second kappa shape index (κ2) is 6.09. The normalized spacial score (nSPS) is 14.2. The van der Waals surface area contributed by atoms with E-state index in [2.05, 4.69) is 20.7 Å². The molecule has 17 heavy (non-hydrogen) atoms. The first-order valence-electron chi connectivity index (χ1n) is 4.84. The Hall–Kier alpha value is -0.980. The molecule has 0 aliphatic heterocycles. The smallest absolute Gasteiger partial charge is 0.308 e. The number of methoxy groups -OCH3 is 1. The molecule has 0 radical (unpaired) electrons. The first kappa shape index (κ1) is 14.1. The number of ether oxygens (including phenoxy) is 1. The maximum absolute atomic E-state index is 13.5. The van der Waals surface area contributed by atoms with Crippen LogP contribution in [0.4, 0.5) is 4.39 Å². The fourth-order valence-corrected chi connectivity index (χ4v) is 1.93. The van der Waals surface area contributed by atoms with Crippen molar-refractivity contribution in [2.24, 2.45) is 0 Å². The summed E-state index contributed by atoms with van der Waals surface area (Å²) in [6.07, 6.45) is -3.32. The van der Waals surface area contributed by atoms with Gasteiger partial charge in [-0.25, -0.2) is 4.39 Å². The molecule has 0 bridgehead atoms. The van der Waals surface area contributed by atoms with Gasteiger partial charge < -0.3 is 14.9 Å². The lowest BCUT2D eigenvalue weighted by atomic mass is 10.0. The first-order valence-corrected chi connectivity index (χ1v) is 5.63. The highest BCUT2D eigenvalue weighted by Crippen LogP contribution is 2.29. The summed E-state index contributed by atoms with van der Waals surface area (Å²) in [4.78, 5) is 10.9. The molecule has 1 aromatic carbocycles. The number of esters is 1. The second-order valence-corrected chi connectivity index (χ2v) is 4.28. The number of aliphatic hydroxyl groups is 2. The molecule has 1 aromatic rings. The van der Waals surface area contributed by atoms with E-state index in [1.165, 1.54) is 19.2 Å². The van der Waals surface area contributed by atoms with Crippen molar-refractivity contribution in [2.75, 3.05) is 7.11 Å². The van der Waals surface area contributed by atoms with Crippen molar-refractivity contribution in [3.05, 3.63) is 34.1 Å². The summed E-state index contributed by atoms with van der Waals surface area (Å²) in [5.41, 5.74) is -0.0797. The van der Waals surface area contributed by atoms with Crippen LogP contribution in [0, 0.1) is 5.82 Å². The van der Waals surface area contributed by atoms with Crippen LogP contribution in [0.1, 0.15) is 18.1 Å². The minimum Gasteiger partial charge on any atom is -0.469 e. The van der Waals surface area contributed by atoms with Gasteiger partial charge in [-0.2, -0.15) is 0 Å². The fraction of sp³-hybridized carbons (Fsp3) is 0.364. The van der Waals surface area contributed by atoms with E-state index < -0.39 is 30.4 Å². The third kappa shape index (κ3) is 3.49. The molecule has 0 saturated heterocycles. The monoisotopic (exact) mass is 306 g/mol. The average Bonchev–Trinajstić information content (AvgIpc) is 2.28. The Balaban J connectivity index is 2.88. The third-order valence-corrected chi connectivity index (χ3v) is 2.95. The topological polar surface area (TPSA) is 66.8 Å². The SMILES string of the molecule is COC(=O)CC(O)C(O)c1c(F)cccc1Br. The Labute approximate surface area is 106 Å². The number of carbonyl (C=O) groups excluding carboxylic acids is 1. The molecule has 6 heteroatoms. The van der Waals surface area contributed by atoms with E-state index in [0.717, 1.165) is 6.07 Å². The predicted molar refractivity (Wildman–Crippen MR) is 61.7 cm³/mol. The van der Waals surface area contributed by atoms with Crippen molar-refractivity contribution in [3.63, 3.8) is 0 Å². The molecule has 0 aliphatic carbocycles. The number of rotatable bonds is 4. The molecule has 2 atom stereocenters. The molecular weight excluding hydrogens is 295 g/mol. The van der Waals surface area contributed by atoms with Crippen LogP contribution in [0.2, 0.25) is 0 Å². The molecule has 2 unspecified atom stereocenters. The number of hydrogen-bond acceptors (Lipinski definition) is 4. The number of halogens is 2. The Morgan fingerprint density at radius 3 is 2.71 bits per heavy atom. The van der Waals surface area contributed by atoms with E-state index in [9.17, 15) is 19.4 Å². The Kier molecular flexibility index (Phi) is 5.04. The van der Waals surface area contributed by atoms with Gasteiger partial charge >= 0.3 is 5.97 Å². The fourth-order valence-electron chi connectivity index (χ4n) is 1.35. The summed E-state index contributed by atoms with van der Waals surface area (Å²) in [6.45, 7) is 0. The lowest BCUT2D eigenvalue weighted by molar-refractivity contribution is -0.144. The highest BCUT2D eigenvalue weighted by molar-refractivity contribution is 9.10. The van der Waals surface area contributed by atoms with Gasteiger partial charge in [-0.15, -0.1) is 0 Å². The van der Waals surface area contributed by atoms with Crippen LogP contribution in [0.25, 0.3) is 0 Å². The van der Waals surface area contributed by atoms with Crippen LogP contribution in [0.3, 0.4) is 0 Å². The number of carbonyl (C=O) groups is 1. The summed E-state index contributed by atoms with van der Waals surface area (Å²) < 4.78 is 18.1. The molecule has 1 rings (SSSR count). The molecule has 4 nitrogen and oxygen atoms in total. The van der Waals surface area contributed by atoms with E-state index >= 15 is 0 Å². The van der Waals surface area contributed by atoms with Crippen LogP contribution in [-0.4, -0.2) is 29.4 Å².